The lowest BCUT2D eigenvalue weighted by molar-refractivity contribution is 0.102. The monoisotopic (exact) mass is 452 g/mol. The number of aromatic nitrogens is 1. The van der Waals surface area contributed by atoms with E-state index in [2.05, 4.69) is 31.1 Å². The van der Waals surface area contributed by atoms with Gasteiger partial charge in [-0.2, -0.15) is 0 Å². The van der Waals surface area contributed by atoms with Crippen LogP contribution < -0.4 is 15.4 Å². The zero-order chi connectivity index (χ0) is 19.4. The van der Waals surface area contributed by atoms with E-state index in [-0.39, 0.29) is 10.8 Å². The quantitative estimate of drug-likeness (QED) is 0.740. The number of carbonyl (C=O) groups excluding carboxylic acids is 1. The van der Waals surface area contributed by atoms with Gasteiger partial charge in [0.15, 0.2) is 0 Å². The summed E-state index contributed by atoms with van der Waals surface area (Å²) in [5, 5.41) is 7.91. The number of nitrogens with two attached hydrogens (primary N) is 1. The highest BCUT2D eigenvalue weighted by molar-refractivity contribution is 9.10. The number of rotatable bonds is 4. The number of nitrogens with zero attached hydrogens (tertiary/aromatic N) is 2. The molecule has 2 aromatic rings. The number of anilines is 2. The Labute approximate surface area is 167 Å². The van der Waals surface area contributed by atoms with Crippen LogP contribution in [0, 0.1) is 0 Å². The Balaban J connectivity index is 1.91. The molecule has 0 atom stereocenters. The summed E-state index contributed by atoms with van der Waals surface area (Å²) < 4.78 is 23.7. The van der Waals surface area contributed by atoms with Gasteiger partial charge < -0.3 is 10.2 Å². The Morgan fingerprint density at radius 3 is 2.52 bits per heavy atom. The predicted octanol–water partition coefficient (Wildman–Crippen LogP) is 3.12. The summed E-state index contributed by atoms with van der Waals surface area (Å²) in [6.07, 6.45) is 6.14. The Bertz CT molecular complexity index is 941. The average molecular weight is 453 g/mol. The first-order valence-corrected chi connectivity index (χ1v) is 11.0. The summed E-state index contributed by atoms with van der Waals surface area (Å²) in [7, 11) is -3.84. The first kappa shape index (κ1) is 19.8. The van der Waals surface area contributed by atoms with Crippen molar-refractivity contribution in [3.63, 3.8) is 0 Å². The van der Waals surface area contributed by atoms with Gasteiger partial charge in [0.25, 0.3) is 5.91 Å². The van der Waals surface area contributed by atoms with Gasteiger partial charge in [-0.15, -0.1) is 0 Å². The van der Waals surface area contributed by atoms with E-state index < -0.39 is 10.0 Å². The molecule has 0 radical (unpaired) electrons. The number of halogens is 1. The third-order valence-electron chi connectivity index (χ3n) is 4.43. The number of primary sulfonamides is 1. The minimum Gasteiger partial charge on any atom is -0.356 e. The molecule has 9 heteroatoms. The van der Waals surface area contributed by atoms with E-state index in [1.165, 1.54) is 31.0 Å². The highest BCUT2D eigenvalue weighted by atomic mass is 79.9. The second kappa shape index (κ2) is 8.37. The van der Waals surface area contributed by atoms with E-state index in [1.54, 1.807) is 18.3 Å². The van der Waals surface area contributed by atoms with Gasteiger partial charge in [-0.25, -0.2) is 18.5 Å². The topological polar surface area (TPSA) is 105 Å². The van der Waals surface area contributed by atoms with Gasteiger partial charge in [0.1, 0.15) is 5.82 Å². The fourth-order valence-electron chi connectivity index (χ4n) is 3.10. The van der Waals surface area contributed by atoms with Crippen molar-refractivity contribution >= 4 is 43.4 Å². The van der Waals surface area contributed by atoms with Crippen LogP contribution in [-0.2, 0) is 10.0 Å². The first-order valence-electron chi connectivity index (χ1n) is 8.70. The molecule has 0 saturated carbocycles. The third-order valence-corrected chi connectivity index (χ3v) is 6.01. The summed E-state index contributed by atoms with van der Waals surface area (Å²) in [4.78, 5) is 19.5. The predicted molar refractivity (Wildman–Crippen MR) is 108 cm³/mol. The molecule has 144 valence electrons. The fraction of sp³-hybridized carbons (Fsp3) is 0.333. The number of hydrogen-bond acceptors (Lipinski definition) is 5. The molecule has 2 heterocycles. The largest absolute Gasteiger partial charge is 0.356 e. The van der Waals surface area contributed by atoms with Crippen LogP contribution in [-0.4, -0.2) is 32.4 Å². The highest BCUT2D eigenvalue weighted by Gasteiger charge is 2.22. The number of amides is 1. The van der Waals surface area contributed by atoms with Gasteiger partial charge in [0, 0.05) is 29.4 Å². The molecule has 3 rings (SSSR count). The average Bonchev–Trinajstić information content (AvgIpc) is 2.90. The number of nitrogens with one attached hydrogen (secondary N) is 1. The summed E-state index contributed by atoms with van der Waals surface area (Å²) >= 11 is 3.45. The zero-order valence-corrected chi connectivity index (χ0v) is 17.1. The molecule has 1 saturated heterocycles. The summed E-state index contributed by atoms with van der Waals surface area (Å²) in [6.45, 7) is 1.70. The van der Waals surface area contributed by atoms with Crippen LogP contribution in [0.3, 0.4) is 0 Å². The van der Waals surface area contributed by atoms with Crippen LogP contribution in [0.5, 0.6) is 0 Å². The van der Waals surface area contributed by atoms with Crippen molar-refractivity contribution in [1.29, 1.82) is 0 Å². The maximum Gasteiger partial charge on any atom is 0.260 e. The molecular weight excluding hydrogens is 432 g/mol. The molecule has 0 aliphatic carbocycles. The fourth-order valence-corrected chi connectivity index (χ4v) is 4.14. The van der Waals surface area contributed by atoms with Crippen molar-refractivity contribution in [2.24, 2.45) is 5.14 Å². The van der Waals surface area contributed by atoms with Crippen LogP contribution in [0.2, 0.25) is 0 Å². The number of sulfonamides is 1. The van der Waals surface area contributed by atoms with Crippen LogP contribution in [0.15, 0.2) is 45.9 Å². The molecule has 1 fully saturated rings. The smallest absolute Gasteiger partial charge is 0.260 e. The molecule has 1 aliphatic heterocycles. The lowest BCUT2D eigenvalue weighted by Gasteiger charge is -2.24. The minimum absolute atomic E-state index is 0.0571. The van der Waals surface area contributed by atoms with Gasteiger partial charge in [-0.3, -0.25) is 4.79 Å². The number of carbonyl (C=O) groups is 1. The van der Waals surface area contributed by atoms with Gasteiger partial charge in [0.05, 0.1) is 10.5 Å². The van der Waals surface area contributed by atoms with Crippen molar-refractivity contribution in [3.8, 4) is 0 Å². The van der Waals surface area contributed by atoms with Crippen LogP contribution >= 0.6 is 15.9 Å². The van der Waals surface area contributed by atoms with Crippen LogP contribution in [0.1, 0.15) is 36.0 Å². The van der Waals surface area contributed by atoms with E-state index in [0.717, 1.165) is 25.9 Å². The number of benzene rings is 1. The minimum atomic E-state index is -3.84. The van der Waals surface area contributed by atoms with Crippen LogP contribution in [0.4, 0.5) is 11.5 Å². The van der Waals surface area contributed by atoms with Crippen molar-refractivity contribution in [2.45, 2.75) is 30.6 Å². The first-order chi connectivity index (χ1) is 12.9. The van der Waals surface area contributed by atoms with Crippen molar-refractivity contribution in [1.82, 2.24) is 4.98 Å². The lowest BCUT2D eigenvalue weighted by atomic mass is 10.2. The number of hydrogen-bond donors (Lipinski definition) is 2. The summed E-state index contributed by atoms with van der Waals surface area (Å²) in [6, 6.07) is 7.58. The van der Waals surface area contributed by atoms with E-state index in [4.69, 9.17) is 5.14 Å². The van der Waals surface area contributed by atoms with Gasteiger partial charge in [0.2, 0.25) is 10.0 Å². The van der Waals surface area contributed by atoms with E-state index >= 15 is 0 Å². The molecule has 0 unspecified atom stereocenters. The summed E-state index contributed by atoms with van der Waals surface area (Å²) in [5.74, 6) is 0.271. The van der Waals surface area contributed by atoms with E-state index in [9.17, 15) is 13.2 Å². The van der Waals surface area contributed by atoms with Crippen molar-refractivity contribution in [3.05, 3.63) is 46.6 Å². The summed E-state index contributed by atoms with van der Waals surface area (Å²) in [5.41, 5.74) is 0.782. The molecule has 1 aromatic heterocycles. The molecule has 7 nitrogen and oxygen atoms in total. The standard InChI is InChI=1S/C18H21BrN4O3S/c19-15-8-9-21-17(23-10-3-1-2-4-11-23)16(15)18(24)22-13-6-5-7-14(12-13)27(20,25)26/h5-9,12H,1-4,10-11H2,(H,22,24)(H2,20,25,26). The second-order valence-corrected chi connectivity index (χ2v) is 8.84. The lowest BCUT2D eigenvalue weighted by Crippen LogP contribution is -2.28. The molecule has 3 N–H and O–H groups in total. The van der Waals surface area contributed by atoms with Crippen molar-refractivity contribution < 1.29 is 13.2 Å². The third kappa shape index (κ3) is 4.85. The Kier molecular flexibility index (Phi) is 6.13. The molecule has 1 aliphatic rings. The van der Waals surface area contributed by atoms with E-state index in [1.807, 2.05) is 0 Å². The SMILES string of the molecule is NS(=O)(=O)c1cccc(NC(=O)c2c(Br)ccnc2N2CCCCCC2)c1. The van der Waals surface area contributed by atoms with Gasteiger partial charge in [-0.1, -0.05) is 18.9 Å². The Morgan fingerprint density at radius 1 is 1.15 bits per heavy atom. The van der Waals surface area contributed by atoms with Crippen molar-refractivity contribution in [2.75, 3.05) is 23.3 Å². The maximum atomic E-state index is 13.0. The maximum absolute atomic E-state index is 13.0. The van der Waals surface area contributed by atoms with E-state index in [0.29, 0.717) is 21.5 Å². The second-order valence-electron chi connectivity index (χ2n) is 6.42. The molecule has 0 spiro atoms. The number of pyridine rings is 1. The molecule has 27 heavy (non-hydrogen) atoms. The van der Waals surface area contributed by atoms with Crippen LogP contribution in [0.25, 0.3) is 0 Å². The highest BCUT2D eigenvalue weighted by Crippen LogP contribution is 2.28. The molecular formula is C18H21BrN4O3S. The Hall–Kier alpha value is -1.97. The van der Waals surface area contributed by atoms with Gasteiger partial charge >= 0.3 is 0 Å². The Morgan fingerprint density at radius 2 is 1.85 bits per heavy atom. The molecule has 0 bridgehead atoms. The zero-order valence-electron chi connectivity index (χ0n) is 14.7. The normalized spacial score (nSPS) is 15.3. The molecule has 1 aromatic carbocycles. The molecule has 1 amide bonds. The van der Waals surface area contributed by atoms with Gasteiger partial charge in [-0.05, 0) is 53.0 Å².